The summed E-state index contributed by atoms with van der Waals surface area (Å²) < 4.78 is 10.1. The zero-order valence-electron chi connectivity index (χ0n) is 12.8. The maximum absolute atomic E-state index is 12.2. The van der Waals surface area contributed by atoms with Crippen molar-refractivity contribution in [3.8, 4) is 5.75 Å². The lowest BCUT2D eigenvalue weighted by atomic mass is 10.1. The van der Waals surface area contributed by atoms with Gasteiger partial charge in [-0.2, -0.15) is 0 Å². The van der Waals surface area contributed by atoms with Crippen molar-refractivity contribution in [2.75, 3.05) is 32.3 Å². The number of amides is 1. The van der Waals surface area contributed by atoms with Crippen LogP contribution in [0.3, 0.4) is 0 Å². The van der Waals surface area contributed by atoms with E-state index in [4.69, 9.17) is 14.6 Å². The number of carboxylic acids is 1. The Morgan fingerprint density at radius 3 is 2.52 bits per heavy atom. The van der Waals surface area contributed by atoms with Crippen LogP contribution in [-0.2, 0) is 14.3 Å². The predicted octanol–water partition coefficient (Wildman–Crippen LogP) is 1.70. The number of carboxylic acid groups (broad SMARTS) is 1. The third-order valence-electron chi connectivity index (χ3n) is 3.07. The van der Waals surface area contributed by atoms with Crippen molar-refractivity contribution in [3.63, 3.8) is 0 Å². The molecule has 0 heterocycles. The molecule has 6 heteroatoms. The molecule has 0 aliphatic rings. The van der Waals surface area contributed by atoms with E-state index < -0.39 is 11.9 Å². The van der Waals surface area contributed by atoms with Gasteiger partial charge in [-0.3, -0.25) is 9.59 Å². The second-order valence-electron chi connectivity index (χ2n) is 4.85. The van der Waals surface area contributed by atoms with E-state index in [0.717, 1.165) is 5.56 Å². The van der Waals surface area contributed by atoms with Gasteiger partial charge in [0, 0.05) is 13.7 Å². The number of benzene rings is 1. The highest BCUT2D eigenvalue weighted by molar-refractivity contribution is 5.96. The first-order valence-corrected chi connectivity index (χ1v) is 6.57. The van der Waals surface area contributed by atoms with E-state index in [0.29, 0.717) is 11.4 Å². The predicted molar refractivity (Wildman–Crippen MR) is 78.8 cm³/mol. The summed E-state index contributed by atoms with van der Waals surface area (Å²) in [5, 5.41) is 9.07. The summed E-state index contributed by atoms with van der Waals surface area (Å²) >= 11 is 0. The zero-order chi connectivity index (χ0) is 16.0. The minimum Gasteiger partial charge on any atom is -0.495 e. The molecule has 0 spiro atoms. The first kappa shape index (κ1) is 17.0. The molecule has 1 atom stereocenters. The lowest BCUT2D eigenvalue weighted by Crippen LogP contribution is -2.39. The largest absolute Gasteiger partial charge is 0.495 e. The number of hydrogen-bond acceptors (Lipinski definition) is 4. The van der Waals surface area contributed by atoms with Crippen LogP contribution < -0.4 is 9.64 Å². The van der Waals surface area contributed by atoms with Gasteiger partial charge in [-0.15, -0.1) is 0 Å². The van der Waals surface area contributed by atoms with Crippen LogP contribution in [-0.4, -0.2) is 44.4 Å². The molecule has 1 aromatic rings. The molecule has 0 aliphatic heterocycles. The number of methoxy groups -OCH3 is 2. The lowest BCUT2D eigenvalue weighted by molar-refractivity contribution is -0.140. The normalized spacial score (nSPS) is 11.8. The van der Waals surface area contributed by atoms with Gasteiger partial charge in [0.2, 0.25) is 0 Å². The second-order valence-corrected chi connectivity index (χ2v) is 4.85. The lowest BCUT2D eigenvalue weighted by Gasteiger charge is -2.26. The highest BCUT2D eigenvalue weighted by Crippen LogP contribution is 2.30. The molecule has 1 N–H and O–H groups in total. The molecule has 1 aromatic carbocycles. The van der Waals surface area contributed by atoms with Gasteiger partial charge >= 0.3 is 5.97 Å². The van der Waals surface area contributed by atoms with Crippen molar-refractivity contribution < 1.29 is 24.2 Å². The molecule has 0 aromatic heterocycles. The average molecular weight is 295 g/mol. The smallest absolute Gasteiger partial charge is 0.308 e. The number of anilines is 1. The zero-order valence-corrected chi connectivity index (χ0v) is 12.8. The molecule has 116 valence electrons. The molecule has 0 saturated heterocycles. The van der Waals surface area contributed by atoms with Crippen LogP contribution in [0.1, 0.15) is 12.5 Å². The standard InChI is InChI=1S/C15H21NO5/c1-10-5-6-13(21-4)12(7-10)16(14(17)9-20-3)8-11(2)15(18)19/h5-7,11H,8-9H2,1-4H3,(H,18,19). The highest BCUT2D eigenvalue weighted by Gasteiger charge is 2.24. The van der Waals surface area contributed by atoms with Crippen LogP contribution in [0.25, 0.3) is 0 Å². The van der Waals surface area contributed by atoms with Crippen molar-refractivity contribution >= 4 is 17.6 Å². The van der Waals surface area contributed by atoms with Crippen LogP contribution in [0, 0.1) is 12.8 Å². The van der Waals surface area contributed by atoms with E-state index in [1.54, 1.807) is 19.1 Å². The Balaban J connectivity index is 3.19. The molecule has 0 radical (unpaired) electrons. The Labute approximate surface area is 124 Å². The Hall–Kier alpha value is -2.08. The van der Waals surface area contributed by atoms with E-state index in [2.05, 4.69) is 0 Å². The summed E-state index contributed by atoms with van der Waals surface area (Å²) in [5.74, 6) is -1.45. The van der Waals surface area contributed by atoms with Gasteiger partial charge in [-0.25, -0.2) is 0 Å². The number of rotatable bonds is 7. The summed E-state index contributed by atoms with van der Waals surface area (Å²) in [7, 11) is 2.93. The number of nitrogens with zero attached hydrogens (tertiary/aromatic N) is 1. The molecular weight excluding hydrogens is 274 g/mol. The quantitative estimate of drug-likeness (QED) is 0.828. The van der Waals surface area contributed by atoms with Crippen LogP contribution >= 0.6 is 0 Å². The highest BCUT2D eigenvalue weighted by atomic mass is 16.5. The molecule has 6 nitrogen and oxygen atoms in total. The topological polar surface area (TPSA) is 76.1 Å². The van der Waals surface area contributed by atoms with Crippen LogP contribution in [0.15, 0.2) is 18.2 Å². The summed E-state index contributed by atoms with van der Waals surface area (Å²) in [6.07, 6.45) is 0. The Kier molecular flexibility index (Phi) is 6.17. The van der Waals surface area contributed by atoms with Crippen molar-refractivity contribution in [3.05, 3.63) is 23.8 Å². The van der Waals surface area contributed by atoms with Gasteiger partial charge in [0.15, 0.2) is 0 Å². The van der Waals surface area contributed by atoms with E-state index in [1.165, 1.54) is 19.1 Å². The molecule has 0 fully saturated rings. The third kappa shape index (κ3) is 4.46. The Morgan fingerprint density at radius 2 is 2.00 bits per heavy atom. The van der Waals surface area contributed by atoms with Crippen molar-refractivity contribution in [2.45, 2.75) is 13.8 Å². The van der Waals surface area contributed by atoms with Gasteiger partial charge in [-0.1, -0.05) is 13.0 Å². The van der Waals surface area contributed by atoms with E-state index >= 15 is 0 Å². The summed E-state index contributed by atoms with van der Waals surface area (Å²) in [6.45, 7) is 3.38. The number of ether oxygens (including phenoxy) is 2. The van der Waals surface area contributed by atoms with Gasteiger partial charge < -0.3 is 19.5 Å². The van der Waals surface area contributed by atoms with E-state index in [-0.39, 0.29) is 19.1 Å². The van der Waals surface area contributed by atoms with Crippen molar-refractivity contribution in [1.82, 2.24) is 0 Å². The van der Waals surface area contributed by atoms with Gasteiger partial charge in [0.25, 0.3) is 5.91 Å². The SMILES string of the molecule is COCC(=O)N(CC(C)C(=O)O)c1cc(C)ccc1OC. The molecular formula is C15H21NO5. The molecule has 1 rings (SSSR count). The fourth-order valence-electron chi connectivity index (χ4n) is 1.90. The Morgan fingerprint density at radius 1 is 1.33 bits per heavy atom. The van der Waals surface area contributed by atoms with E-state index in [9.17, 15) is 9.59 Å². The number of carbonyl (C=O) groups is 2. The molecule has 0 bridgehead atoms. The van der Waals surface area contributed by atoms with Crippen molar-refractivity contribution in [1.29, 1.82) is 0 Å². The monoisotopic (exact) mass is 295 g/mol. The Bertz CT molecular complexity index is 515. The summed E-state index contributed by atoms with van der Waals surface area (Å²) in [6, 6.07) is 5.41. The van der Waals surface area contributed by atoms with Gasteiger partial charge in [0.05, 0.1) is 18.7 Å². The first-order chi connectivity index (χ1) is 9.90. The van der Waals surface area contributed by atoms with Crippen molar-refractivity contribution in [2.24, 2.45) is 5.92 Å². The molecule has 1 amide bonds. The number of aliphatic carboxylic acids is 1. The average Bonchev–Trinajstić information content (AvgIpc) is 2.44. The molecule has 21 heavy (non-hydrogen) atoms. The fraction of sp³-hybridized carbons (Fsp3) is 0.467. The molecule has 1 unspecified atom stereocenters. The molecule has 0 aliphatic carbocycles. The van der Waals surface area contributed by atoms with Crippen LogP contribution in [0.5, 0.6) is 5.75 Å². The maximum atomic E-state index is 12.2. The third-order valence-corrected chi connectivity index (χ3v) is 3.07. The minimum absolute atomic E-state index is 0.0529. The minimum atomic E-state index is -0.961. The van der Waals surface area contributed by atoms with Gasteiger partial charge in [0.1, 0.15) is 12.4 Å². The number of hydrogen-bond donors (Lipinski definition) is 1. The van der Waals surface area contributed by atoms with E-state index in [1.807, 2.05) is 13.0 Å². The van der Waals surface area contributed by atoms with Crippen LogP contribution in [0.4, 0.5) is 5.69 Å². The summed E-state index contributed by atoms with van der Waals surface area (Å²) in [4.78, 5) is 24.7. The fourth-order valence-corrected chi connectivity index (χ4v) is 1.90. The maximum Gasteiger partial charge on any atom is 0.308 e. The number of aryl methyl sites for hydroxylation is 1. The van der Waals surface area contributed by atoms with Crippen LogP contribution in [0.2, 0.25) is 0 Å². The molecule has 0 saturated carbocycles. The summed E-state index contributed by atoms with van der Waals surface area (Å²) in [5.41, 5.74) is 1.50. The number of carbonyl (C=O) groups excluding carboxylic acids is 1. The first-order valence-electron chi connectivity index (χ1n) is 6.57. The van der Waals surface area contributed by atoms with Gasteiger partial charge in [-0.05, 0) is 24.6 Å². The second kappa shape index (κ2) is 7.64.